The largest absolute Gasteiger partial charge is 0.462 e. The minimum absolute atomic E-state index is 0.0944. The number of hydrogen-bond donors (Lipinski definition) is 0. The number of hydrogen-bond acceptors (Lipinski definition) is 6. The van der Waals surface area contributed by atoms with Gasteiger partial charge in [-0.3, -0.25) is 14.4 Å². The van der Waals surface area contributed by atoms with E-state index in [1.54, 1.807) is 6.08 Å². The Morgan fingerprint density at radius 2 is 0.575 bits per heavy atom. The van der Waals surface area contributed by atoms with Gasteiger partial charge in [0.05, 0.1) is 6.42 Å². The summed E-state index contributed by atoms with van der Waals surface area (Å²) in [4.78, 5) is 38.1. The number of ether oxygens (including phenoxy) is 3. The molecule has 0 spiro atoms. The van der Waals surface area contributed by atoms with E-state index in [1.165, 1.54) is 161 Å². The maximum atomic E-state index is 12.8. The zero-order valence-corrected chi connectivity index (χ0v) is 47.9. The Morgan fingerprint density at radius 1 is 0.301 bits per heavy atom. The van der Waals surface area contributed by atoms with Crippen LogP contribution in [0.15, 0.2) is 97.2 Å². The van der Waals surface area contributed by atoms with Crippen LogP contribution in [0.3, 0.4) is 0 Å². The summed E-state index contributed by atoms with van der Waals surface area (Å²) >= 11 is 0. The summed E-state index contributed by atoms with van der Waals surface area (Å²) in [7, 11) is 0. The first kappa shape index (κ1) is 69.3. The number of carbonyl (C=O) groups excluding carboxylic acids is 3. The zero-order chi connectivity index (χ0) is 52.9. The van der Waals surface area contributed by atoms with Gasteiger partial charge in [0.2, 0.25) is 0 Å². The van der Waals surface area contributed by atoms with E-state index >= 15 is 0 Å². The van der Waals surface area contributed by atoms with Gasteiger partial charge in [0, 0.05) is 12.8 Å². The second-order valence-electron chi connectivity index (χ2n) is 20.2. The highest BCUT2D eigenvalue weighted by Gasteiger charge is 2.19. The molecule has 0 bridgehead atoms. The molecule has 0 aromatic heterocycles. The van der Waals surface area contributed by atoms with Crippen LogP contribution >= 0.6 is 0 Å². The summed E-state index contributed by atoms with van der Waals surface area (Å²) < 4.78 is 16.8. The molecule has 73 heavy (non-hydrogen) atoms. The molecule has 0 fully saturated rings. The lowest BCUT2D eigenvalue weighted by atomic mass is 10.0. The molecule has 0 amide bonds. The van der Waals surface area contributed by atoms with Crippen molar-refractivity contribution in [2.24, 2.45) is 0 Å². The summed E-state index contributed by atoms with van der Waals surface area (Å²) in [5, 5.41) is 0. The monoisotopic (exact) mass is 1010 g/mol. The van der Waals surface area contributed by atoms with Gasteiger partial charge in [-0.25, -0.2) is 0 Å². The lowest BCUT2D eigenvalue weighted by Crippen LogP contribution is -2.30. The van der Waals surface area contributed by atoms with Crippen molar-refractivity contribution >= 4 is 17.9 Å². The molecule has 1 unspecified atom stereocenters. The Kier molecular flexibility index (Phi) is 57.8. The van der Waals surface area contributed by atoms with Crippen LogP contribution in [0.5, 0.6) is 0 Å². The van der Waals surface area contributed by atoms with E-state index in [9.17, 15) is 14.4 Å². The maximum Gasteiger partial charge on any atom is 0.310 e. The lowest BCUT2D eigenvalue weighted by molar-refractivity contribution is -0.166. The highest BCUT2D eigenvalue weighted by Crippen LogP contribution is 2.15. The SMILES string of the molecule is CC/C=C\C/C=C\C/C=C\C/C=C\C/C=C\CC(=O)OC(COC(=O)CCCCCCC/C=C\CCCCCCCC)COC(=O)CCCCCCCCCCCCCCC/C=C\C/C=C\CCCCCCC. The van der Waals surface area contributed by atoms with Crippen LogP contribution in [-0.2, 0) is 28.6 Å². The quantitative estimate of drug-likeness (QED) is 0.0261. The maximum absolute atomic E-state index is 12.8. The Morgan fingerprint density at radius 3 is 0.918 bits per heavy atom. The Balaban J connectivity index is 4.38. The third kappa shape index (κ3) is 59.1. The Bertz CT molecular complexity index is 1440. The number of esters is 3. The van der Waals surface area contributed by atoms with E-state index in [1.807, 2.05) is 6.08 Å². The first-order chi connectivity index (χ1) is 36.0. The summed E-state index contributed by atoms with van der Waals surface area (Å²) in [5.41, 5.74) is 0. The highest BCUT2D eigenvalue weighted by molar-refractivity contribution is 5.72. The Labute approximate surface area is 451 Å². The van der Waals surface area contributed by atoms with E-state index in [0.29, 0.717) is 12.8 Å². The minimum Gasteiger partial charge on any atom is -0.462 e. The fourth-order valence-corrected chi connectivity index (χ4v) is 8.49. The highest BCUT2D eigenvalue weighted by atomic mass is 16.6. The molecule has 0 aliphatic carbocycles. The summed E-state index contributed by atoms with van der Waals surface area (Å²) in [6.45, 7) is 6.44. The van der Waals surface area contributed by atoms with E-state index in [4.69, 9.17) is 14.2 Å². The molecule has 0 aliphatic rings. The van der Waals surface area contributed by atoms with Gasteiger partial charge in [-0.15, -0.1) is 0 Å². The van der Waals surface area contributed by atoms with Gasteiger partial charge in [-0.2, -0.15) is 0 Å². The molecule has 0 radical (unpaired) electrons. The number of carbonyl (C=O) groups is 3. The molecule has 0 aromatic rings. The second-order valence-corrected chi connectivity index (χ2v) is 20.2. The summed E-state index contributed by atoms with van der Waals surface area (Å²) in [6.07, 6.45) is 81.5. The first-order valence-corrected chi connectivity index (χ1v) is 30.7. The van der Waals surface area contributed by atoms with E-state index < -0.39 is 12.1 Å². The van der Waals surface area contributed by atoms with Crippen LogP contribution in [-0.4, -0.2) is 37.2 Å². The van der Waals surface area contributed by atoms with Gasteiger partial charge in [-0.05, 0) is 103 Å². The van der Waals surface area contributed by atoms with Crippen LogP contribution < -0.4 is 0 Å². The van der Waals surface area contributed by atoms with Crippen LogP contribution in [0.4, 0.5) is 0 Å². The predicted molar refractivity (Wildman–Crippen MR) is 316 cm³/mol. The van der Waals surface area contributed by atoms with E-state index in [-0.39, 0.29) is 31.6 Å². The van der Waals surface area contributed by atoms with Crippen molar-refractivity contribution in [2.45, 2.75) is 297 Å². The number of unbranched alkanes of at least 4 members (excludes halogenated alkanes) is 29. The third-order valence-electron chi connectivity index (χ3n) is 13.1. The standard InChI is InChI=1S/C67H114O6/c1-4-7-10-13-16-19-22-25-28-29-30-31-32-33-34-35-36-37-40-42-45-48-51-54-57-60-66(69)72-63-64(73-67(70)61-58-55-52-49-46-43-39-27-24-21-18-15-12-9-6-3)62-71-65(68)59-56-53-50-47-44-41-38-26-23-20-17-14-11-8-5-2/h9,12,18,21-22,25-27,29-30,38-39,46,49,55,58,64H,4-8,10-11,13-17,19-20,23-24,28,31-37,40-45,47-48,50-54,56-57,59-63H2,1-3H3/b12-9-,21-18-,25-22-,30-29-,38-26-,39-27-,49-46-,58-55-. The fraction of sp³-hybridized carbons (Fsp3) is 0.716. The van der Waals surface area contributed by atoms with Crippen molar-refractivity contribution in [3.8, 4) is 0 Å². The number of rotatable bonds is 55. The molecular formula is C67H114O6. The lowest BCUT2D eigenvalue weighted by Gasteiger charge is -2.18. The van der Waals surface area contributed by atoms with Crippen molar-refractivity contribution in [1.82, 2.24) is 0 Å². The van der Waals surface area contributed by atoms with Gasteiger partial charge in [0.15, 0.2) is 6.10 Å². The van der Waals surface area contributed by atoms with Gasteiger partial charge in [-0.1, -0.05) is 266 Å². The normalized spacial score (nSPS) is 12.8. The average Bonchev–Trinajstić information content (AvgIpc) is 3.39. The van der Waals surface area contributed by atoms with Gasteiger partial charge in [0.25, 0.3) is 0 Å². The van der Waals surface area contributed by atoms with Crippen LogP contribution in [0, 0.1) is 0 Å². The van der Waals surface area contributed by atoms with Gasteiger partial charge in [0.1, 0.15) is 13.2 Å². The smallest absolute Gasteiger partial charge is 0.310 e. The van der Waals surface area contributed by atoms with Crippen LogP contribution in [0.25, 0.3) is 0 Å². The van der Waals surface area contributed by atoms with Crippen molar-refractivity contribution < 1.29 is 28.6 Å². The first-order valence-electron chi connectivity index (χ1n) is 30.7. The molecule has 0 saturated heterocycles. The molecule has 418 valence electrons. The van der Waals surface area contributed by atoms with Gasteiger partial charge < -0.3 is 14.2 Å². The fourth-order valence-electron chi connectivity index (χ4n) is 8.49. The predicted octanol–water partition coefficient (Wildman–Crippen LogP) is 20.9. The van der Waals surface area contributed by atoms with Crippen LogP contribution in [0.2, 0.25) is 0 Å². The molecule has 0 aliphatic heterocycles. The third-order valence-corrected chi connectivity index (χ3v) is 13.1. The zero-order valence-electron chi connectivity index (χ0n) is 47.9. The topological polar surface area (TPSA) is 78.9 Å². The van der Waals surface area contributed by atoms with Crippen molar-refractivity contribution in [1.29, 1.82) is 0 Å². The average molecular weight is 1020 g/mol. The van der Waals surface area contributed by atoms with Crippen molar-refractivity contribution in [3.05, 3.63) is 97.2 Å². The molecule has 0 rings (SSSR count). The molecule has 6 heteroatoms. The molecular weight excluding hydrogens is 901 g/mol. The van der Waals surface area contributed by atoms with Gasteiger partial charge >= 0.3 is 17.9 Å². The molecule has 0 saturated carbocycles. The minimum atomic E-state index is -0.836. The molecule has 0 aromatic carbocycles. The van der Waals surface area contributed by atoms with E-state index in [2.05, 4.69) is 106 Å². The van der Waals surface area contributed by atoms with Crippen molar-refractivity contribution in [3.63, 3.8) is 0 Å². The Hall–Kier alpha value is -3.67. The number of allylic oxidation sites excluding steroid dienone is 15. The molecule has 0 N–H and O–H groups in total. The van der Waals surface area contributed by atoms with Crippen LogP contribution in [0.1, 0.15) is 290 Å². The molecule has 0 heterocycles. The molecule has 1 atom stereocenters. The van der Waals surface area contributed by atoms with Crippen molar-refractivity contribution in [2.75, 3.05) is 13.2 Å². The second kappa shape index (κ2) is 60.9. The van der Waals surface area contributed by atoms with E-state index in [0.717, 1.165) is 89.9 Å². The molecule has 6 nitrogen and oxygen atoms in total. The summed E-state index contributed by atoms with van der Waals surface area (Å²) in [5.74, 6) is -1.05. The summed E-state index contributed by atoms with van der Waals surface area (Å²) in [6, 6.07) is 0.